The first-order chi connectivity index (χ1) is 13.3. The third-order valence-corrected chi connectivity index (χ3v) is 6.28. The number of nitrogens with zero attached hydrogens (tertiary/aromatic N) is 5. The summed E-state index contributed by atoms with van der Waals surface area (Å²) in [5.41, 5.74) is 5.82. The molecule has 0 spiro atoms. The number of fused-ring (bicyclic) bond motifs is 1. The lowest BCUT2D eigenvalue weighted by atomic mass is 9.96. The van der Waals surface area contributed by atoms with Crippen LogP contribution in [0.4, 0.5) is 0 Å². The van der Waals surface area contributed by atoms with E-state index in [0.717, 1.165) is 68.0 Å². The number of hydrogen-bond acceptors (Lipinski definition) is 5. The number of thiazole rings is 1. The number of amides is 1. The van der Waals surface area contributed by atoms with Crippen LogP contribution in [0, 0.1) is 0 Å². The fourth-order valence-corrected chi connectivity index (χ4v) is 4.87. The molecule has 0 radical (unpaired) electrons. The van der Waals surface area contributed by atoms with Crippen molar-refractivity contribution in [1.29, 1.82) is 0 Å². The van der Waals surface area contributed by atoms with Gasteiger partial charge in [0.15, 0.2) is 5.69 Å². The number of rotatable bonds is 4. The topological polar surface area (TPSA) is 79.7 Å². The van der Waals surface area contributed by atoms with E-state index in [-0.39, 0.29) is 11.8 Å². The molecular weight excluding hydrogens is 360 g/mol. The second-order valence-electron chi connectivity index (χ2n) is 7.37. The van der Waals surface area contributed by atoms with E-state index in [9.17, 15) is 4.79 Å². The summed E-state index contributed by atoms with van der Waals surface area (Å²) in [7, 11) is 0. The molecule has 0 bridgehead atoms. The van der Waals surface area contributed by atoms with Gasteiger partial charge in [0.25, 0.3) is 5.91 Å². The van der Waals surface area contributed by atoms with Crippen LogP contribution in [0.2, 0.25) is 0 Å². The zero-order valence-corrected chi connectivity index (χ0v) is 15.9. The van der Waals surface area contributed by atoms with Crippen molar-refractivity contribution in [2.24, 2.45) is 0 Å². The van der Waals surface area contributed by atoms with Crippen LogP contribution in [-0.4, -0.2) is 48.6 Å². The maximum absolute atomic E-state index is 13.1. The predicted molar refractivity (Wildman–Crippen MR) is 102 cm³/mol. The first-order valence-electron chi connectivity index (χ1n) is 9.53. The largest absolute Gasteiger partial charge is 0.337 e. The van der Waals surface area contributed by atoms with Gasteiger partial charge in [-0.2, -0.15) is 5.10 Å². The van der Waals surface area contributed by atoms with Gasteiger partial charge in [-0.05, 0) is 32.1 Å². The van der Waals surface area contributed by atoms with E-state index >= 15 is 0 Å². The van der Waals surface area contributed by atoms with E-state index in [1.807, 2.05) is 22.8 Å². The van der Waals surface area contributed by atoms with Crippen LogP contribution in [0.15, 0.2) is 23.3 Å². The highest BCUT2D eigenvalue weighted by Gasteiger charge is 2.31. The molecule has 7 nitrogen and oxygen atoms in total. The molecule has 1 atom stereocenters. The van der Waals surface area contributed by atoms with Crippen molar-refractivity contribution in [1.82, 2.24) is 29.6 Å². The van der Waals surface area contributed by atoms with Crippen molar-refractivity contribution in [3.63, 3.8) is 0 Å². The molecule has 4 heterocycles. The number of nitrogens with one attached hydrogen (secondary N) is 1. The Morgan fingerprint density at radius 3 is 3.15 bits per heavy atom. The number of aromatic nitrogens is 5. The van der Waals surface area contributed by atoms with Crippen molar-refractivity contribution >= 4 is 17.2 Å². The molecule has 0 unspecified atom stereocenters. The quantitative estimate of drug-likeness (QED) is 0.752. The van der Waals surface area contributed by atoms with Gasteiger partial charge in [0.05, 0.1) is 17.7 Å². The van der Waals surface area contributed by atoms with Gasteiger partial charge in [-0.3, -0.25) is 9.89 Å². The average molecular weight is 382 g/mol. The average Bonchev–Trinajstić information content (AvgIpc) is 3.46. The summed E-state index contributed by atoms with van der Waals surface area (Å²) in [5, 5.41) is 9.45. The molecule has 8 heteroatoms. The fraction of sp³-hybridized carbons (Fsp3) is 0.474. The predicted octanol–water partition coefficient (Wildman–Crippen LogP) is 2.62. The molecule has 1 aliphatic carbocycles. The lowest BCUT2D eigenvalue weighted by Gasteiger charge is -2.32. The van der Waals surface area contributed by atoms with E-state index in [2.05, 4.69) is 30.1 Å². The first-order valence-corrected chi connectivity index (χ1v) is 10.5. The second kappa shape index (κ2) is 6.92. The summed E-state index contributed by atoms with van der Waals surface area (Å²) in [6.45, 7) is 2.23. The van der Waals surface area contributed by atoms with Gasteiger partial charge in [-0.1, -0.05) is 0 Å². The third-order valence-electron chi connectivity index (χ3n) is 5.65. The van der Waals surface area contributed by atoms with Crippen LogP contribution in [0.5, 0.6) is 0 Å². The van der Waals surface area contributed by atoms with Gasteiger partial charge in [0.2, 0.25) is 0 Å². The lowest BCUT2D eigenvalue weighted by molar-refractivity contribution is 0.0696. The smallest absolute Gasteiger partial charge is 0.274 e. The van der Waals surface area contributed by atoms with Crippen molar-refractivity contribution < 1.29 is 4.79 Å². The Morgan fingerprint density at radius 2 is 2.26 bits per heavy atom. The van der Waals surface area contributed by atoms with Crippen LogP contribution in [0.3, 0.4) is 0 Å². The molecule has 1 amide bonds. The van der Waals surface area contributed by atoms with Gasteiger partial charge < -0.3 is 9.47 Å². The number of carbonyl (C=O) groups excluding carboxylic acids is 1. The summed E-state index contributed by atoms with van der Waals surface area (Å²) >= 11 is 1.61. The molecule has 5 rings (SSSR count). The molecule has 3 aromatic rings. The number of hydrogen-bond donors (Lipinski definition) is 1. The Hall–Kier alpha value is -2.48. The Balaban J connectivity index is 1.34. The summed E-state index contributed by atoms with van der Waals surface area (Å²) in [6, 6.07) is 0. The van der Waals surface area contributed by atoms with Crippen molar-refractivity contribution in [3.8, 4) is 0 Å². The summed E-state index contributed by atoms with van der Waals surface area (Å²) in [6.07, 6.45) is 8.98. The molecule has 0 aromatic carbocycles. The standard InChI is InChI=1S/C19H22N6OS/c26-19(17-15-4-1-5-16(15)22-23-17)25-7-2-3-13(9-25)18-20-6-8-24(18)10-14-11-27-12-21-14/h6,8,11-13H,1-5,7,9-10H2,(H,22,23)/t13-/m1/s1. The fourth-order valence-electron chi connectivity index (χ4n) is 4.32. The minimum atomic E-state index is 0.0664. The van der Waals surface area contributed by atoms with Crippen molar-refractivity contribution in [3.05, 3.63) is 51.8 Å². The minimum absolute atomic E-state index is 0.0664. The number of aryl methyl sites for hydroxylation is 1. The van der Waals surface area contributed by atoms with E-state index < -0.39 is 0 Å². The van der Waals surface area contributed by atoms with Crippen LogP contribution >= 0.6 is 11.3 Å². The highest BCUT2D eigenvalue weighted by molar-refractivity contribution is 7.07. The maximum atomic E-state index is 13.1. The van der Waals surface area contributed by atoms with Crippen LogP contribution < -0.4 is 0 Å². The molecule has 140 valence electrons. The van der Waals surface area contributed by atoms with E-state index in [1.54, 1.807) is 11.3 Å². The van der Waals surface area contributed by atoms with E-state index in [0.29, 0.717) is 12.2 Å². The summed E-state index contributed by atoms with van der Waals surface area (Å²) in [5.74, 6) is 1.37. The Kier molecular flexibility index (Phi) is 4.27. The van der Waals surface area contributed by atoms with Crippen LogP contribution in [0.25, 0.3) is 0 Å². The van der Waals surface area contributed by atoms with Gasteiger partial charge >= 0.3 is 0 Å². The number of piperidine rings is 1. The Labute approximate surface area is 161 Å². The number of aromatic amines is 1. The normalized spacial score (nSPS) is 19.4. The molecule has 1 aliphatic heterocycles. The number of imidazole rings is 1. The summed E-state index contributed by atoms with van der Waals surface area (Å²) in [4.78, 5) is 24.0. The molecule has 3 aromatic heterocycles. The molecule has 2 aliphatic rings. The van der Waals surface area contributed by atoms with E-state index in [4.69, 9.17) is 0 Å². The van der Waals surface area contributed by atoms with Gasteiger partial charge in [0, 0.05) is 48.0 Å². The molecule has 1 N–H and O–H groups in total. The van der Waals surface area contributed by atoms with Crippen molar-refractivity contribution in [2.45, 2.75) is 44.6 Å². The SMILES string of the molecule is O=C(c1n[nH]c2c1CCC2)N1CCC[C@@H](c2nccn2Cc2cscn2)C1. The molecular formula is C19H22N6OS. The zero-order valence-electron chi connectivity index (χ0n) is 15.1. The molecule has 0 saturated carbocycles. The first kappa shape index (κ1) is 16.7. The summed E-state index contributed by atoms with van der Waals surface area (Å²) < 4.78 is 2.17. The monoisotopic (exact) mass is 382 g/mol. The highest BCUT2D eigenvalue weighted by atomic mass is 32.1. The molecule has 1 saturated heterocycles. The molecule has 27 heavy (non-hydrogen) atoms. The highest BCUT2D eigenvalue weighted by Crippen LogP contribution is 2.29. The maximum Gasteiger partial charge on any atom is 0.274 e. The number of carbonyl (C=O) groups is 1. The van der Waals surface area contributed by atoms with Gasteiger partial charge in [-0.25, -0.2) is 9.97 Å². The lowest BCUT2D eigenvalue weighted by Crippen LogP contribution is -2.40. The van der Waals surface area contributed by atoms with Gasteiger partial charge in [-0.15, -0.1) is 11.3 Å². The van der Waals surface area contributed by atoms with Crippen LogP contribution in [-0.2, 0) is 19.4 Å². The number of H-pyrrole nitrogens is 1. The Morgan fingerprint density at radius 1 is 1.30 bits per heavy atom. The second-order valence-corrected chi connectivity index (χ2v) is 8.09. The Bertz CT molecular complexity index is 943. The van der Waals surface area contributed by atoms with Crippen LogP contribution in [0.1, 0.15) is 58.4 Å². The van der Waals surface area contributed by atoms with Crippen molar-refractivity contribution in [2.75, 3.05) is 13.1 Å². The minimum Gasteiger partial charge on any atom is -0.337 e. The molecule has 1 fully saturated rings. The zero-order chi connectivity index (χ0) is 18.2. The number of likely N-dealkylation sites (tertiary alicyclic amines) is 1. The third kappa shape index (κ3) is 3.07. The van der Waals surface area contributed by atoms with E-state index in [1.165, 1.54) is 0 Å². The van der Waals surface area contributed by atoms with Gasteiger partial charge in [0.1, 0.15) is 5.82 Å².